The molecule has 3 rings (SSSR count). The lowest BCUT2D eigenvalue weighted by molar-refractivity contribution is -0.385. The molecule has 1 aromatic heterocycles. The third-order valence-electron chi connectivity index (χ3n) is 4.88. The predicted molar refractivity (Wildman–Crippen MR) is 133 cm³/mol. The molecule has 0 saturated heterocycles. The lowest BCUT2D eigenvalue weighted by Crippen LogP contribution is -2.14. The number of nitrogens with zero attached hydrogens (tertiary/aromatic N) is 3. The smallest absolute Gasteiger partial charge is 0.336 e. The van der Waals surface area contributed by atoms with Gasteiger partial charge in [0.1, 0.15) is 0 Å². The molecule has 1 amide bonds. The summed E-state index contributed by atoms with van der Waals surface area (Å²) in [7, 11) is 0. The number of carboxylic acids is 1. The van der Waals surface area contributed by atoms with Crippen LogP contribution in [0.1, 0.15) is 44.5 Å². The number of carboxylic acid groups (broad SMARTS) is 1. The Hall–Kier alpha value is -4.72. The van der Waals surface area contributed by atoms with Gasteiger partial charge >= 0.3 is 11.9 Å². The van der Waals surface area contributed by atoms with Crippen LogP contribution in [0.2, 0.25) is 0 Å². The van der Waals surface area contributed by atoms with Crippen LogP contribution in [0.3, 0.4) is 0 Å². The fourth-order valence-electron chi connectivity index (χ4n) is 3.09. The molecule has 14 heteroatoms. The summed E-state index contributed by atoms with van der Waals surface area (Å²) in [6, 6.07) is 8.27. The van der Waals surface area contributed by atoms with Crippen molar-refractivity contribution in [3.05, 3.63) is 90.0 Å². The van der Waals surface area contributed by atoms with Gasteiger partial charge in [0.2, 0.25) is 0 Å². The van der Waals surface area contributed by atoms with Gasteiger partial charge in [0, 0.05) is 34.2 Å². The van der Waals surface area contributed by atoms with E-state index in [0.717, 1.165) is 11.3 Å². The van der Waals surface area contributed by atoms with Crippen molar-refractivity contribution in [3.8, 4) is 0 Å². The molecular formula is C23H22N4O9S. The Morgan fingerprint density at radius 2 is 1.54 bits per heavy atom. The van der Waals surface area contributed by atoms with Gasteiger partial charge in [0.25, 0.3) is 17.3 Å². The maximum absolute atomic E-state index is 12.3. The number of ether oxygens (including phenoxy) is 1. The number of esters is 1. The molecule has 37 heavy (non-hydrogen) atoms. The van der Waals surface area contributed by atoms with Gasteiger partial charge in [0.15, 0.2) is 5.13 Å². The fraction of sp³-hybridized carbons (Fsp3) is 0.217. The minimum atomic E-state index is -1.15. The number of carbonyl (C=O) groups is 3. The first-order chi connectivity index (χ1) is 17.5. The molecule has 0 bridgehead atoms. The number of hydrogen-bond acceptors (Lipinski definition) is 10. The largest absolute Gasteiger partial charge is 0.478 e. The zero-order valence-corrected chi connectivity index (χ0v) is 20.7. The van der Waals surface area contributed by atoms with Crippen molar-refractivity contribution in [2.24, 2.45) is 0 Å². The van der Waals surface area contributed by atoms with Crippen molar-refractivity contribution in [2.45, 2.75) is 27.2 Å². The topological polar surface area (TPSA) is 192 Å². The van der Waals surface area contributed by atoms with Crippen molar-refractivity contribution in [2.75, 3.05) is 11.9 Å². The van der Waals surface area contributed by atoms with E-state index in [0.29, 0.717) is 17.4 Å². The molecule has 2 aromatic carbocycles. The molecule has 0 fully saturated rings. The first-order valence-electron chi connectivity index (χ1n) is 10.6. The fourth-order valence-corrected chi connectivity index (χ4v) is 3.80. The molecule has 13 nitrogen and oxygen atoms in total. The van der Waals surface area contributed by atoms with E-state index < -0.39 is 27.7 Å². The van der Waals surface area contributed by atoms with Gasteiger partial charge in [-0.15, -0.1) is 11.3 Å². The number of hydrogen-bond donors (Lipinski definition) is 2. The van der Waals surface area contributed by atoms with E-state index in [4.69, 9.17) is 9.84 Å². The van der Waals surface area contributed by atoms with Crippen LogP contribution in [-0.2, 0) is 16.0 Å². The second-order valence-corrected chi connectivity index (χ2v) is 8.16. The van der Waals surface area contributed by atoms with Gasteiger partial charge < -0.3 is 9.84 Å². The maximum atomic E-state index is 12.3. The second-order valence-electron chi connectivity index (χ2n) is 7.30. The van der Waals surface area contributed by atoms with E-state index in [1.807, 2.05) is 0 Å². The lowest BCUT2D eigenvalue weighted by Gasteiger charge is -2.05. The lowest BCUT2D eigenvalue weighted by atomic mass is 10.1. The summed E-state index contributed by atoms with van der Waals surface area (Å²) < 4.78 is 4.83. The zero-order valence-electron chi connectivity index (χ0n) is 19.9. The Bertz CT molecular complexity index is 1320. The van der Waals surface area contributed by atoms with Gasteiger partial charge in [-0.1, -0.05) is 12.1 Å². The van der Waals surface area contributed by atoms with Crippen LogP contribution in [-0.4, -0.2) is 44.4 Å². The number of aromatic carboxylic acids is 1. The van der Waals surface area contributed by atoms with Crippen molar-refractivity contribution >= 4 is 45.7 Å². The molecule has 1 heterocycles. The predicted octanol–water partition coefficient (Wildman–Crippen LogP) is 4.32. The Balaban J connectivity index is 0.000000312. The van der Waals surface area contributed by atoms with Crippen LogP contribution in [0.15, 0.2) is 41.8 Å². The van der Waals surface area contributed by atoms with E-state index in [2.05, 4.69) is 10.3 Å². The highest BCUT2D eigenvalue weighted by atomic mass is 32.1. The second kappa shape index (κ2) is 12.8. The molecule has 0 unspecified atom stereocenters. The van der Waals surface area contributed by atoms with Crippen LogP contribution in [0.4, 0.5) is 16.5 Å². The Morgan fingerprint density at radius 3 is 2.05 bits per heavy atom. The van der Waals surface area contributed by atoms with Gasteiger partial charge in [-0.05, 0) is 32.9 Å². The number of thiazole rings is 1. The average molecular weight is 531 g/mol. The molecule has 0 spiro atoms. The van der Waals surface area contributed by atoms with Crippen LogP contribution in [0, 0.1) is 34.1 Å². The summed E-state index contributed by atoms with van der Waals surface area (Å²) in [6.07, 6.45) is 0.0239. The molecule has 0 saturated carbocycles. The molecule has 0 aliphatic heterocycles. The van der Waals surface area contributed by atoms with Crippen LogP contribution >= 0.6 is 11.3 Å². The zero-order chi connectivity index (χ0) is 27.7. The van der Waals surface area contributed by atoms with Crippen LogP contribution < -0.4 is 5.32 Å². The van der Waals surface area contributed by atoms with Crippen molar-refractivity contribution in [1.82, 2.24) is 4.98 Å². The number of nitro benzene ring substituents is 2. The van der Waals surface area contributed by atoms with Gasteiger partial charge in [0.05, 0.1) is 34.1 Å². The standard InChI is InChI=1S/C15H15N3O5S.C8H7NO4/c1-3-23-13(19)7-10-8-24-15(16-10)17-14(20)11-5-4-6-12(9(11)2)18(21)22;1-5-6(8(10)11)3-2-4-7(5)9(12)13/h4-6,8H,3,7H2,1-2H3,(H,16,17,20);2-4H,1H3,(H,10,11). The molecule has 0 atom stereocenters. The number of benzene rings is 2. The maximum Gasteiger partial charge on any atom is 0.336 e. The monoisotopic (exact) mass is 530 g/mol. The molecular weight excluding hydrogens is 508 g/mol. The Labute approximate surface area is 214 Å². The molecule has 0 aliphatic carbocycles. The first kappa shape index (κ1) is 28.5. The molecule has 0 aliphatic rings. The normalized spacial score (nSPS) is 10.0. The van der Waals surface area contributed by atoms with Crippen molar-refractivity contribution in [3.63, 3.8) is 0 Å². The Morgan fingerprint density at radius 1 is 1.00 bits per heavy atom. The summed E-state index contributed by atoms with van der Waals surface area (Å²) in [5.74, 6) is -2.04. The number of amides is 1. The number of aromatic nitrogens is 1. The van der Waals surface area contributed by atoms with Gasteiger partial charge in [-0.3, -0.25) is 35.1 Å². The molecule has 0 radical (unpaired) electrons. The van der Waals surface area contributed by atoms with E-state index in [9.17, 15) is 34.6 Å². The molecule has 194 valence electrons. The minimum Gasteiger partial charge on any atom is -0.478 e. The summed E-state index contributed by atoms with van der Waals surface area (Å²) in [5, 5.41) is 34.5. The van der Waals surface area contributed by atoms with Crippen LogP contribution in [0.5, 0.6) is 0 Å². The summed E-state index contributed by atoms with van der Waals surface area (Å²) in [4.78, 5) is 58.6. The van der Waals surface area contributed by atoms with E-state index >= 15 is 0 Å². The van der Waals surface area contributed by atoms with E-state index in [-0.39, 0.29) is 40.0 Å². The van der Waals surface area contributed by atoms with Gasteiger partial charge in [-0.2, -0.15) is 0 Å². The quantitative estimate of drug-likeness (QED) is 0.241. The van der Waals surface area contributed by atoms with Gasteiger partial charge in [-0.25, -0.2) is 9.78 Å². The SMILES string of the molecule is CCOC(=O)Cc1csc(NC(=O)c2cccc([N+](=O)[O-])c2C)n1.Cc1c(C(=O)O)cccc1[N+](=O)[O-]. The third-order valence-corrected chi connectivity index (χ3v) is 5.69. The Kier molecular flexibility index (Phi) is 9.89. The summed E-state index contributed by atoms with van der Waals surface area (Å²) in [5.41, 5.74) is 0.832. The minimum absolute atomic E-state index is 0.0239. The number of anilines is 1. The highest BCUT2D eigenvalue weighted by molar-refractivity contribution is 7.14. The number of rotatable bonds is 8. The number of nitro groups is 2. The first-order valence-corrected chi connectivity index (χ1v) is 11.5. The number of carbonyl (C=O) groups excluding carboxylic acids is 2. The summed E-state index contributed by atoms with van der Waals surface area (Å²) >= 11 is 1.16. The summed E-state index contributed by atoms with van der Waals surface area (Å²) in [6.45, 7) is 4.94. The highest BCUT2D eigenvalue weighted by Crippen LogP contribution is 2.23. The molecule has 2 N–H and O–H groups in total. The van der Waals surface area contributed by atoms with Crippen LogP contribution in [0.25, 0.3) is 0 Å². The van der Waals surface area contributed by atoms with E-state index in [1.165, 1.54) is 50.2 Å². The van der Waals surface area contributed by atoms with Crippen molar-refractivity contribution < 1.29 is 34.1 Å². The van der Waals surface area contributed by atoms with E-state index in [1.54, 1.807) is 12.3 Å². The van der Waals surface area contributed by atoms with Crippen molar-refractivity contribution in [1.29, 1.82) is 0 Å². The third kappa shape index (κ3) is 7.63. The molecule has 3 aromatic rings. The highest BCUT2D eigenvalue weighted by Gasteiger charge is 2.19. The number of nitrogens with one attached hydrogen (secondary N) is 1. The average Bonchev–Trinajstić information content (AvgIpc) is 3.25.